The fourth-order valence-electron chi connectivity index (χ4n) is 1.29. The van der Waals surface area contributed by atoms with Crippen molar-refractivity contribution < 1.29 is 4.74 Å². The van der Waals surface area contributed by atoms with Gasteiger partial charge in [-0.05, 0) is 6.07 Å². The summed E-state index contributed by atoms with van der Waals surface area (Å²) < 4.78 is 5.37. The fraction of sp³-hybridized carbons (Fsp3) is 0.0909. The van der Waals surface area contributed by atoms with E-state index in [9.17, 15) is 0 Å². The lowest BCUT2D eigenvalue weighted by Gasteiger charge is -2.05. The molecule has 1 heterocycles. The second kappa shape index (κ2) is 4.28. The molecule has 0 aliphatic rings. The zero-order valence-corrected chi connectivity index (χ0v) is 8.74. The first-order valence-corrected chi connectivity index (χ1v) is 4.85. The van der Waals surface area contributed by atoms with E-state index >= 15 is 0 Å². The SMILES string of the molecule is C=CCOc1nnc(Cl)c2ccccc12. The van der Waals surface area contributed by atoms with Gasteiger partial charge in [-0.1, -0.05) is 42.5 Å². The lowest BCUT2D eigenvalue weighted by molar-refractivity contribution is 0.349. The van der Waals surface area contributed by atoms with E-state index in [1.807, 2.05) is 24.3 Å². The van der Waals surface area contributed by atoms with Crippen LogP contribution in [0.2, 0.25) is 5.15 Å². The minimum atomic E-state index is 0.386. The molecule has 0 unspecified atom stereocenters. The summed E-state index contributed by atoms with van der Waals surface area (Å²) in [6.45, 7) is 3.98. The van der Waals surface area contributed by atoms with E-state index in [1.165, 1.54) is 0 Å². The molecule has 0 saturated heterocycles. The van der Waals surface area contributed by atoms with E-state index in [0.717, 1.165) is 10.8 Å². The Labute approximate surface area is 92.3 Å². The first kappa shape index (κ1) is 9.93. The molecule has 0 saturated carbocycles. The minimum absolute atomic E-state index is 0.386. The molecule has 1 aromatic heterocycles. The summed E-state index contributed by atoms with van der Waals surface area (Å²) in [5, 5.41) is 9.80. The molecule has 4 heteroatoms. The van der Waals surface area contributed by atoms with Gasteiger partial charge in [0.15, 0.2) is 5.15 Å². The Morgan fingerprint density at radius 1 is 1.27 bits per heavy atom. The zero-order chi connectivity index (χ0) is 10.7. The normalized spacial score (nSPS) is 10.2. The maximum Gasteiger partial charge on any atom is 0.241 e. The van der Waals surface area contributed by atoms with Crippen molar-refractivity contribution >= 4 is 22.4 Å². The Morgan fingerprint density at radius 3 is 2.73 bits per heavy atom. The van der Waals surface area contributed by atoms with Crippen molar-refractivity contribution in [2.45, 2.75) is 0 Å². The van der Waals surface area contributed by atoms with Crippen molar-refractivity contribution in [2.75, 3.05) is 6.61 Å². The third kappa shape index (κ3) is 1.92. The second-order valence-electron chi connectivity index (χ2n) is 2.94. The Kier molecular flexibility index (Phi) is 2.83. The van der Waals surface area contributed by atoms with Crippen LogP contribution in [0.5, 0.6) is 5.88 Å². The van der Waals surface area contributed by atoms with Crippen LogP contribution in [0.25, 0.3) is 10.8 Å². The summed E-state index contributed by atoms with van der Waals surface area (Å²) in [5.74, 6) is 0.481. The number of hydrogen-bond donors (Lipinski definition) is 0. The first-order chi connectivity index (χ1) is 7.33. The number of ether oxygens (including phenoxy) is 1. The molecule has 0 aliphatic carbocycles. The molecule has 0 fully saturated rings. The number of rotatable bonds is 3. The van der Waals surface area contributed by atoms with Gasteiger partial charge in [-0.3, -0.25) is 0 Å². The molecule has 3 nitrogen and oxygen atoms in total. The Morgan fingerprint density at radius 2 is 2.00 bits per heavy atom. The van der Waals surface area contributed by atoms with Crippen LogP contribution in [-0.2, 0) is 0 Å². The van der Waals surface area contributed by atoms with Gasteiger partial charge in [0.05, 0.1) is 0 Å². The molecule has 0 atom stereocenters. The van der Waals surface area contributed by atoms with Crippen LogP contribution in [0.1, 0.15) is 0 Å². The summed E-state index contributed by atoms with van der Waals surface area (Å²) in [4.78, 5) is 0. The van der Waals surface area contributed by atoms with Crippen LogP contribution < -0.4 is 4.74 Å². The average molecular weight is 221 g/mol. The minimum Gasteiger partial charge on any atom is -0.472 e. The van der Waals surface area contributed by atoms with Gasteiger partial charge in [-0.2, -0.15) is 0 Å². The first-order valence-electron chi connectivity index (χ1n) is 4.47. The summed E-state index contributed by atoms with van der Waals surface area (Å²) >= 11 is 5.91. The number of aromatic nitrogens is 2. The zero-order valence-electron chi connectivity index (χ0n) is 7.98. The Bertz CT molecular complexity index is 499. The highest BCUT2D eigenvalue weighted by Gasteiger charge is 2.07. The predicted octanol–water partition coefficient (Wildman–Crippen LogP) is 2.85. The van der Waals surface area contributed by atoms with E-state index in [2.05, 4.69) is 16.8 Å². The van der Waals surface area contributed by atoms with Gasteiger partial charge < -0.3 is 4.74 Å². The molecule has 0 amide bonds. The maximum atomic E-state index is 5.91. The van der Waals surface area contributed by atoms with Crippen molar-refractivity contribution in [3.63, 3.8) is 0 Å². The summed E-state index contributed by atoms with van der Waals surface area (Å²) in [5.41, 5.74) is 0. The van der Waals surface area contributed by atoms with Gasteiger partial charge in [0.1, 0.15) is 6.61 Å². The molecule has 2 rings (SSSR count). The third-order valence-corrected chi connectivity index (χ3v) is 2.23. The number of hydrogen-bond acceptors (Lipinski definition) is 3. The van der Waals surface area contributed by atoms with Crippen molar-refractivity contribution in [1.29, 1.82) is 0 Å². The second-order valence-corrected chi connectivity index (χ2v) is 3.30. The van der Waals surface area contributed by atoms with Gasteiger partial charge >= 0.3 is 0 Å². The van der Waals surface area contributed by atoms with E-state index in [4.69, 9.17) is 16.3 Å². The highest BCUT2D eigenvalue weighted by atomic mass is 35.5. The lowest BCUT2D eigenvalue weighted by Crippen LogP contribution is -1.98. The van der Waals surface area contributed by atoms with Crippen molar-refractivity contribution in [2.24, 2.45) is 0 Å². The van der Waals surface area contributed by atoms with Crippen LogP contribution in [0.15, 0.2) is 36.9 Å². The Hall–Kier alpha value is -1.61. The highest BCUT2D eigenvalue weighted by molar-refractivity contribution is 6.34. The van der Waals surface area contributed by atoms with Gasteiger partial charge in [0.25, 0.3) is 0 Å². The van der Waals surface area contributed by atoms with Gasteiger partial charge in [0, 0.05) is 10.8 Å². The molecule has 0 N–H and O–H groups in total. The number of nitrogens with zero attached hydrogens (tertiary/aromatic N) is 2. The average Bonchev–Trinajstić information content (AvgIpc) is 2.29. The van der Waals surface area contributed by atoms with Crippen LogP contribution >= 0.6 is 11.6 Å². The smallest absolute Gasteiger partial charge is 0.241 e. The molecule has 15 heavy (non-hydrogen) atoms. The van der Waals surface area contributed by atoms with Gasteiger partial charge in [0.2, 0.25) is 5.88 Å². The molecule has 0 aliphatic heterocycles. The summed E-state index contributed by atoms with van der Waals surface area (Å²) in [6.07, 6.45) is 1.66. The number of fused-ring (bicyclic) bond motifs is 1. The van der Waals surface area contributed by atoms with E-state index < -0.39 is 0 Å². The van der Waals surface area contributed by atoms with Crippen LogP contribution in [0, 0.1) is 0 Å². The summed E-state index contributed by atoms with van der Waals surface area (Å²) in [7, 11) is 0. The lowest BCUT2D eigenvalue weighted by atomic mass is 10.2. The van der Waals surface area contributed by atoms with E-state index in [-0.39, 0.29) is 0 Å². The largest absolute Gasteiger partial charge is 0.472 e. The van der Waals surface area contributed by atoms with Crippen molar-refractivity contribution in [3.8, 4) is 5.88 Å². The Balaban J connectivity index is 2.56. The molecule has 0 radical (unpaired) electrons. The highest BCUT2D eigenvalue weighted by Crippen LogP contribution is 2.26. The molecular weight excluding hydrogens is 212 g/mol. The molecule has 0 bridgehead atoms. The standard InChI is InChI=1S/C11H9ClN2O/c1-2-7-15-11-9-6-4-3-5-8(9)10(12)13-14-11/h2-6H,1,7H2. The van der Waals surface area contributed by atoms with E-state index in [1.54, 1.807) is 6.08 Å². The topological polar surface area (TPSA) is 35.0 Å². The maximum absolute atomic E-state index is 5.91. The molecule has 76 valence electrons. The van der Waals surface area contributed by atoms with Crippen LogP contribution in [0.4, 0.5) is 0 Å². The molecular formula is C11H9ClN2O. The van der Waals surface area contributed by atoms with Crippen LogP contribution in [0.3, 0.4) is 0 Å². The predicted molar refractivity (Wildman–Crippen MR) is 60.2 cm³/mol. The van der Waals surface area contributed by atoms with Crippen molar-refractivity contribution in [1.82, 2.24) is 10.2 Å². The fourth-order valence-corrected chi connectivity index (χ4v) is 1.49. The van der Waals surface area contributed by atoms with Crippen molar-refractivity contribution in [3.05, 3.63) is 42.1 Å². The monoisotopic (exact) mass is 220 g/mol. The molecule has 0 spiro atoms. The van der Waals surface area contributed by atoms with E-state index in [0.29, 0.717) is 17.6 Å². The molecule has 2 aromatic rings. The van der Waals surface area contributed by atoms with Gasteiger partial charge in [-0.15, -0.1) is 10.2 Å². The van der Waals surface area contributed by atoms with Crippen LogP contribution in [-0.4, -0.2) is 16.8 Å². The molecule has 1 aromatic carbocycles. The van der Waals surface area contributed by atoms with Gasteiger partial charge in [-0.25, -0.2) is 0 Å². The quantitative estimate of drug-likeness (QED) is 0.746. The summed E-state index contributed by atoms with van der Waals surface area (Å²) in [6, 6.07) is 7.58. The number of benzene rings is 1. The third-order valence-electron chi connectivity index (χ3n) is 1.95. The number of halogens is 1.